The Hall–Kier alpha value is -2.42. The second-order valence-corrected chi connectivity index (χ2v) is 4.19. The Kier molecular flexibility index (Phi) is 2.98. The largest absolute Gasteiger partial charge is 0.358 e. The summed E-state index contributed by atoms with van der Waals surface area (Å²) in [6.07, 6.45) is 0.118. The van der Waals surface area contributed by atoms with Crippen molar-refractivity contribution in [3.8, 4) is 6.07 Å². The molecular formula is C12H12N4O2. The molecule has 1 saturated heterocycles. The predicted octanol–water partition coefficient (Wildman–Crippen LogP) is 0.431. The van der Waals surface area contributed by atoms with E-state index in [0.29, 0.717) is 17.1 Å². The minimum atomic E-state index is -0.594. The summed E-state index contributed by atoms with van der Waals surface area (Å²) in [7, 11) is 1.46. The van der Waals surface area contributed by atoms with Gasteiger partial charge in [0.05, 0.1) is 18.1 Å². The fourth-order valence-corrected chi connectivity index (χ4v) is 1.85. The van der Waals surface area contributed by atoms with E-state index in [4.69, 9.17) is 5.26 Å². The summed E-state index contributed by atoms with van der Waals surface area (Å²) in [4.78, 5) is 28.4. The van der Waals surface area contributed by atoms with Crippen molar-refractivity contribution in [1.82, 2.24) is 9.88 Å². The van der Waals surface area contributed by atoms with Gasteiger partial charge < -0.3 is 5.32 Å². The van der Waals surface area contributed by atoms with Gasteiger partial charge >= 0.3 is 0 Å². The molecule has 0 radical (unpaired) electrons. The second kappa shape index (κ2) is 4.45. The first-order valence-corrected chi connectivity index (χ1v) is 5.47. The van der Waals surface area contributed by atoms with Gasteiger partial charge in [0.15, 0.2) is 0 Å². The molecule has 0 bridgehead atoms. The number of pyridine rings is 1. The fourth-order valence-electron chi connectivity index (χ4n) is 1.85. The molecule has 1 atom stereocenters. The number of aromatic nitrogens is 1. The number of nitriles is 1. The molecule has 1 unspecified atom stereocenters. The van der Waals surface area contributed by atoms with Crippen LogP contribution in [0.25, 0.3) is 0 Å². The van der Waals surface area contributed by atoms with Gasteiger partial charge in [-0.25, -0.2) is 4.98 Å². The number of nitrogens with one attached hydrogen (secondary N) is 1. The van der Waals surface area contributed by atoms with Crippen LogP contribution in [0.15, 0.2) is 12.1 Å². The summed E-state index contributed by atoms with van der Waals surface area (Å²) in [6.45, 7) is 1.76. The highest BCUT2D eigenvalue weighted by Gasteiger charge is 2.36. The van der Waals surface area contributed by atoms with E-state index in [1.165, 1.54) is 7.05 Å². The molecule has 92 valence electrons. The first kappa shape index (κ1) is 12.0. The smallest absolute Gasteiger partial charge is 0.251 e. The van der Waals surface area contributed by atoms with Crippen LogP contribution in [0.1, 0.15) is 17.7 Å². The SMILES string of the molecule is Cc1cc(C#N)cc(NC2CC(=O)N(C)C2=O)n1. The van der Waals surface area contributed by atoms with Crippen LogP contribution in [0, 0.1) is 18.3 Å². The Morgan fingerprint density at radius 3 is 2.78 bits per heavy atom. The first-order valence-electron chi connectivity index (χ1n) is 5.47. The van der Waals surface area contributed by atoms with E-state index in [9.17, 15) is 9.59 Å². The molecule has 0 aliphatic carbocycles. The van der Waals surface area contributed by atoms with Crippen LogP contribution in [0.5, 0.6) is 0 Å². The monoisotopic (exact) mass is 244 g/mol. The van der Waals surface area contributed by atoms with Gasteiger partial charge in [-0.2, -0.15) is 5.26 Å². The molecule has 1 N–H and O–H groups in total. The van der Waals surface area contributed by atoms with Crippen LogP contribution in [-0.2, 0) is 9.59 Å². The Bertz CT molecular complexity index is 562. The van der Waals surface area contributed by atoms with Crippen LogP contribution in [0.3, 0.4) is 0 Å². The molecule has 1 aromatic heterocycles. The standard InChI is InChI=1S/C12H12N4O2/c1-7-3-8(6-13)4-10(14-7)15-9-5-11(17)16(2)12(9)18/h3-4,9H,5H2,1-2H3,(H,14,15). The molecule has 6 heteroatoms. The second-order valence-electron chi connectivity index (χ2n) is 4.19. The van der Waals surface area contributed by atoms with Crippen molar-refractivity contribution < 1.29 is 9.59 Å². The highest BCUT2D eigenvalue weighted by Crippen LogP contribution is 2.17. The average molecular weight is 244 g/mol. The van der Waals surface area contributed by atoms with E-state index < -0.39 is 6.04 Å². The number of amides is 2. The normalized spacial score (nSPS) is 18.9. The Morgan fingerprint density at radius 1 is 1.50 bits per heavy atom. The third-order valence-electron chi connectivity index (χ3n) is 2.79. The number of carbonyl (C=O) groups is 2. The number of hydrogen-bond acceptors (Lipinski definition) is 5. The first-order chi connectivity index (χ1) is 8.51. The summed E-state index contributed by atoms with van der Waals surface area (Å²) < 4.78 is 0. The quantitative estimate of drug-likeness (QED) is 0.762. The lowest BCUT2D eigenvalue weighted by Crippen LogP contribution is -2.32. The molecule has 0 saturated carbocycles. The van der Waals surface area contributed by atoms with Gasteiger partial charge in [-0.05, 0) is 19.1 Å². The molecule has 1 fully saturated rings. The zero-order chi connectivity index (χ0) is 13.3. The van der Waals surface area contributed by atoms with E-state index in [1.54, 1.807) is 19.1 Å². The van der Waals surface area contributed by atoms with Gasteiger partial charge in [-0.1, -0.05) is 0 Å². The Balaban J connectivity index is 2.20. The van der Waals surface area contributed by atoms with Crippen LogP contribution < -0.4 is 5.32 Å². The molecular weight excluding hydrogens is 232 g/mol. The van der Waals surface area contributed by atoms with Crippen LogP contribution in [0.2, 0.25) is 0 Å². The summed E-state index contributed by atoms with van der Waals surface area (Å²) in [6, 6.07) is 4.64. The fraction of sp³-hybridized carbons (Fsp3) is 0.333. The van der Waals surface area contributed by atoms with E-state index in [-0.39, 0.29) is 18.2 Å². The van der Waals surface area contributed by atoms with Gasteiger partial charge in [0.25, 0.3) is 5.91 Å². The Morgan fingerprint density at radius 2 is 2.22 bits per heavy atom. The molecule has 2 rings (SSSR count). The number of nitrogens with zero attached hydrogens (tertiary/aromatic N) is 3. The van der Waals surface area contributed by atoms with Gasteiger partial charge in [-0.3, -0.25) is 14.5 Å². The maximum atomic E-state index is 11.7. The van der Waals surface area contributed by atoms with Crippen LogP contribution in [0.4, 0.5) is 5.82 Å². The lowest BCUT2D eigenvalue weighted by atomic mass is 10.2. The predicted molar refractivity (Wildman–Crippen MR) is 63.5 cm³/mol. The van der Waals surface area contributed by atoms with Gasteiger partial charge in [0.2, 0.25) is 5.91 Å². The van der Waals surface area contributed by atoms with Crippen molar-refractivity contribution in [2.24, 2.45) is 0 Å². The lowest BCUT2D eigenvalue weighted by molar-refractivity contribution is -0.136. The average Bonchev–Trinajstić information content (AvgIpc) is 2.56. The van der Waals surface area contributed by atoms with Gasteiger partial charge in [0.1, 0.15) is 11.9 Å². The van der Waals surface area contributed by atoms with Crippen molar-refractivity contribution in [3.05, 3.63) is 23.4 Å². The molecule has 0 spiro atoms. The summed E-state index contributed by atoms with van der Waals surface area (Å²) >= 11 is 0. The highest BCUT2D eigenvalue weighted by atomic mass is 16.2. The highest BCUT2D eigenvalue weighted by molar-refractivity contribution is 6.06. The zero-order valence-electron chi connectivity index (χ0n) is 10.1. The third kappa shape index (κ3) is 2.15. The van der Waals surface area contributed by atoms with E-state index in [0.717, 1.165) is 4.90 Å². The number of likely N-dealkylation sites (N-methyl/N-ethyl adjacent to an activating group) is 1. The summed E-state index contributed by atoms with van der Waals surface area (Å²) in [5.41, 5.74) is 1.15. The minimum Gasteiger partial charge on any atom is -0.358 e. The summed E-state index contributed by atoms with van der Waals surface area (Å²) in [5, 5.41) is 11.7. The summed E-state index contributed by atoms with van der Waals surface area (Å²) in [5.74, 6) is -0.0551. The number of carbonyl (C=O) groups excluding carboxylic acids is 2. The van der Waals surface area contributed by atoms with Gasteiger partial charge in [-0.15, -0.1) is 0 Å². The van der Waals surface area contributed by atoms with Crippen molar-refractivity contribution in [2.45, 2.75) is 19.4 Å². The van der Waals surface area contributed by atoms with E-state index in [1.807, 2.05) is 6.07 Å². The zero-order valence-corrected chi connectivity index (χ0v) is 10.1. The molecule has 1 aliphatic heterocycles. The number of rotatable bonds is 2. The maximum Gasteiger partial charge on any atom is 0.251 e. The molecule has 2 amide bonds. The Labute approximate surface area is 104 Å². The van der Waals surface area contributed by atoms with Crippen LogP contribution in [-0.4, -0.2) is 34.8 Å². The number of aryl methyl sites for hydroxylation is 1. The minimum absolute atomic E-state index is 0.118. The molecule has 18 heavy (non-hydrogen) atoms. The third-order valence-corrected chi connectivity index (χ3v) is 2.79. The molecule has 0 aromatic carbocycles. The number of likely N-dealkylation sites (tertiary alicyclic amines) is 1. The lowest BCUT2D eigenvalue weighted by Gasteiger charge is -2.12. The number of imide groups is 1. The molecule has 1 aliphatic rings. The molecule has 1 aromatic rings. The van der Waals surface area contributed by atoms with Crippen molar-refractivity contribution in [1.29, 1.82) is 5.26 Å². The van der Waals surface area contributed by atoms with Crippen molar-refractivity contribution in [3.63, 3.8) is 0 Å². The molecule has 2 heterocycles. The van der Waals surface area contributed by atoms with E-state index in [2.05, 4.69) is 10.3 Å². The van der Waals surface area contributed by atoms with Crippen molar-refractivity contribution in [2.75, 3.05) is 12.4 Å². The van der Waals surface area contributed by atoms with Crippen LogP contribution >= 0.6 is 0 Å². The molecule has 6 nitrogen and oxygen atoms in total. The van der Waals surface area contributed by atoms with Crippen molar-refractivity contribution >= 4 is 17.6 Å². The van der Waals surface area contributed by atoms with E-state index >= 15 is 0 Å². The topological polar surface area (TPSA) is 86.1 Å². The number of anilines is 1. The number of hydrogen-bond donors (Lipinski definition) is 1. The van der Waals surface area contributed by atoms with Gasteiger partial charge in [0, 0.05) is 12.7 Å². The maximum absolute atomic E-state index is 11.7.